The molecule has 1 fully saturated rings. The Balaban J connectivity index is 1.68. The zero-order valence-corrected chi connectivity index (χ0v) is 13.9. The van der Waals surface area contributed by atoms with Crippen LogP contribution in [-0.2, 0) is 0 Å². The molecule has 114 valence electrons. The molecule has 1 saturated carbocycles. The Morgan fingerprint density at radius 3 is 2.71 bits per heavy atom. The molecule has 6 heteroatoms. The summed E-state index contributed by atoms with van der Waals surface area (Å²) in [5.74, 6) is 1.44. The normalized spacial score (nSPS) is 20.8. The number of nitrogens with zero attached hydrogens (tertiary/aromatic N) is 1. The first-order valence-corrected chi connectivity index (χ1v) is 7.90. The molecule has 0 heterocycles. The number of nitrogens with one attached hydrogen (secondary N) is 3. The highest BCUT2D eigenvalue weighted by molar-refractivity contribution is 9.10. The number of aliphatic imine (C=N–C) groups is 1. The first kappa shape index (κ1) is 15.8. The SMILES string of the molecule is CN=C(NCCNC(=O)c1cccc(Br)c1)NC1CC1C. The monoisotopic (exact) mass is 352 g/mol. The van der Waals surface area contributed by atoms with Gasteiger partial charge in [-0.1, -0.05) is 28.9 Å². The number of hydrogen-bond donors (Lipinski definition) is 3. The Morgan fingerprint density at radius 2 is 2.10 bits per heavy atom. The predicted octanol–water partition coefficient (Wildman–Crippen LogP) is 1.75. The standard InChI is InChI=1S/C15H21BrN4O/c1-10-8-13(10)20-15(17-2)19-7-6-18-14(21)11-4-3-5-12(16)9-11/h3-5,9-10,13H,6-8H2,1-2H3,(H,18,21)(H2,17,19,20). The molecule has 0 saturated heterocycles. The Hall–Kier alpha value is -1.56. The van der Waals surface area contributed by atoms with Crippen molar-refractivity contribution in [2.24, 2.45) is 10.9 Å². The first-order chi connectivity index (χ1) is 10.1. The molecule has 2 unspecified atom stereocenters. The van der Waals surface area contributed by atoms with Gasteiger partial charge in [0.1, 0.15) is 0 Å². The van der Waals surface area contributed by atoms with Gasteiger partial charge in [0.25, 0.3) is 5.91 Å². The Morgan fingerprint density at radius 1 is 1.38 bits per heavy atom. The number of carbonyl (C=O) groups is 1. The van der Waals surface area contributed by atoms with Crippen LogP contribution in [0.2, 0.25) is 0 Å². The van der Waals surface area contributed by atoms with Crippen LogP contribution in [0.1, 0.15) is 23.7 Å². The van der Waals surface area contributed by atoms with Crippen molar-refractivity contribution >= 4 is 27.8 Å². The Labute approximate surface area is 133 Å². The third-order valence-corrected chi connectivity index (χ3v) is 3.94. The van der Waals surface area contributed by atoms with E-state index in [-0.39, 0.29) is 5.91 Å². The summed E-state index contributed by atoms with van der Waals surface area (Å²) in [6.07, 6.45) is 1.19. The zero-order chi connectivity index (χ0) is 15.2. The fourth-order valence-corrected chi connectivity index (χ4v) is 2.38. The van der Waals surface area contributed by atoms with Crippen LogP contribution < -0.4 is 16.0 Å². The summed E-state index contributed by atoms with van der Waals surface area (Å²) in [6, 6.07) is 7.87. The van der Waals surface area contributed by atoms with Crippen molar-refractivity contribution in [3.8, 4) is 0 Å². The van der Waals surface area contributed by atoms with Crippen molar-refractivity contribution in [2.45, 2.75) is 19.4 Å². The minimum atomic E-state index is -0.0724. The van der Waals surface area contributed by atoms with Crippen LogP contribution in [0.5, 0.6) is 0 Å². The van der Waals surface area contributed by atoms with Crippen molar-refractivity contribution in [3.63, 3.8) is 0 Å². The van der Waals surface area contributed by atoms with E-state index < -0.39 is 0 Å². The van der Waals surface area contributed by atoms with Gasteiger partial charge >= 0.3 is 0 Å². The number of hydrogen-bond acceptors (Lipinski definition) is 2. The summed E-state index contributed by atoms with van der Waals surface area (Å²) in [5, 5.41) is 9.41. The topological polar surface area (TPSA) is 65.5 Å². The number of halogens is 1. The maximum Gasteiger partial charge on any atom is 0.251 e. The summed E-state index contributed by atoms with van der Waals surface area (Å²) in [4.78, 5) is 16.1. The molecule has 1 aliphatic rings. The quantitative estimate of drug-likeness (QED) is 0.429. The van der Waals surface area contributed by atoms with E-state index in [1.807, 2.05) is 12.1 Å². The van der Waals surface area contributed by atoms with Crippen molar-refractivity contribution < 1.29 is 4.79 Å². The lowest BCUT2D eigenvalue weighted by atomic mass is 10.2. The molecule has 0 aromatic heterocycles. The Kier molecular flexibility index (Phi) is 5.61. The lowest BCUT2D eigenvalue weighted by Gasteiger charge is -2.12. The second-order valence-electron chi connectivity index (χ2n) is 5.23. The summed E-state index contributed by atoms with van der Waals surface area (Å²) < 4.78 is 0.899. The van der Waals surface area contributed by atoms with Crippen LogP contribution in [0.3, 0.4) is 0 Å². The highest BCUT2D eigenvalue weighted by Crippen LogP contribution is 2.28. The highest BCUT2D eigenvalue weighted by atomic mass is 79.9. The number of carbonyl (C=O) groups excluding carboxylic acids is 1. The van der Waals surface area contributed by atoms with E-state index in [1.165, 1.54) is 6.42 Å². The molecule has 3 N–H and O–H groups in total. The van der Waals surface area contributed by atoms with Crippen LogP contribution in [0.4, 0.5) is 0 Å². The molecule has 21 heavy (non-hydrogen) atoms. The van der Waals surface area contributed by atoms with E-state index in [2.05, 4.69) is 43.8 Å². The van der Waals surface area contributed by atoms with E-state index in [4.69, 9.17) is 0 Å². The number of amides is 1. The first-order valence-electron chi connectivity index (χ1n) is 7.11. The molecule has 1 aliphatic carbocycles. The van der Waals surface area contributed by atoms with Gasteiger partial charge in [-0.25, -0.2) is 0 Å². The van der Waals surface area contributed by atoms with Gasteiger partial charge in [-0.2, -0.15) is 0 Å². The van der Waals surface area contributed by atoms with E-state index in [0.717, 1.165) is 16.4 Å². The average molecular weight is 353 g/mol. The van der Waals surface area contributed by atoms with Gasteiger partial charge in [0, 0.05) is 36.2 Å². The number of guanidine groups is 1. The highest BCUT2D eigenvalue weighted by Gasteiger charge is 2.33. The maximum atomic E-state index is 11.9. The average Bonchev–Trinajstić information content (AvgIpc) is 3.17. The molecule has 2 rings (SSSR count). The second-order valence-corrected chi connectivity index (χ2v) is 6.14. The number of benzene rings is 1. The fraction of sp³-hybridized carbons (Fsp3) is 0.467. The lowest BCUT2D eigenvalue weighted by Crippen LogP contribution is -2.42. The van der Waals surface area contributed by atoms with Crippen molar-refractivity contribution in [3.05, 3.63) is 34.3 Å². The number of rotatable bonds is 5. The van der Waals surface area contributed by atoms with E-state index >= 15 is 0 Å². The molecule has 1 aromatic rings. The van der Waals surface area contributed by atoms with Gasteiger partial charge in [0.05, 0.1) is 0 Å². The van der Waals surface area contributed by atoms with Crippen molar-refractivity contribution in [2.75, 3.05) is 20.1 Å². The third kappa shape index (κ3) is 5.04. The van der Waals surface area contributed by atoms with Crippen LogP contribution in [-0.4, -0.2) is 38.0 Å². The minimum Gasteiger partial charge on any atom is -0.355 e. The van der Waals surface area contributed by atoms with Gasteiger partial charge in [-0.15, -0.1) is 0 Å². The summed E-state index contributed by atoms with van der Waals surface area (Å²) in [7, 11) is 1.75. The van der Waals surface area contributed by atoms with Crippen LogP contribution in [0.25, 0.3) is 0 Å². The molecule has 0 radical (unpaired) electrons. The van der Waals surface area contributed by atoms with E-state index in [1.54, 1.807) is 19.2 Å². The minimum absolute atomic E-state index is 0.0724. The summed E-state index contributed by atoms with van der Waals surface area (Å²) >= 11 is 3.36. The smallest absolute Gasteiger partial charge is 0.251 e. The van der Waals surface area contributed by atoms with Crippen LogP contribution >= 0.6 is 15.9 Å². The molecule has 5 nitrogen and oxygen atoms in total. The van der Waals surface area contributed by atoms with Gasteiger partial charge in [-0.3, -0.25) is 9.79 Å². The molecule has 1 amide bonds. The zero-order valence-electron chi connectivity index (χ0n) is 12.3. The lowest BCUT2D eigenvalue weighted by molar-refractivity contribution is 0.0954. The van der Waals surface area contributed by atoms with Gasteiger partial charge in [0.2, 0.25) is 0 Å². The summed E-state index contributed by atoms with van der Waals surface area (Å²) in [5.41, 5.74) is 0.652. The maximum absolute atomic E-state index is 11.9. The van der Waals surface area contributed by atoms with Crippen molar-refractivity contribution in [1.82, 2.24) is 16.0 Å². The molecule has 1 aromatic carbocycles. The van der Waals surface area contributed by atoms with Crippen LogP contribution in [0, 0.1) is 5.92 Å². The van der Waals surface area contributed by atoms with Crippen LogP contribution in [0.15, 0.2) is 33.7 Å². The third-order valence-electron chi connectivity index (χ3n) is 3.45. The molecular weight excluding hydrogens is 332 g/mol. The van der Waals surface area contributed by atoms with Crippen molar-refractivity contribution in [1.29, 1.82) is 0 Å². The molecular formula is C15H21BrN4O. The Bertz CT molecular complexity index is 532. The van der Waals surface area contributed by atoms with Gasteiger partial charge < -0.3 is 16.0 Å². The second kappa shape index (κ2) is 7.45. The molecule has 0 spiro atoms. The molecule has 0 aliphatic heterocycles. The van der Waals surface area contributed by atoms with E-state index in [0.29, 0.717) is 24.7 Å². The summed E-state index contributed by atoms with van der Waals surface area (Å²) in [6.45, 7) is 3.40. The predicted molar refractivity (Wildman–Crippen MR) is 88.5 cm³/mol. The van der Waals surface area contributed by atoms with Gasteiger partial charge in [-0.05, 0) is 30.5 Å². The largest absolute Gasteiger partial charge is 0.355 e. The molecule has 2 atom stereocenters. The molecule has 0 bridgehead atoms. The van der Waals surface area contributed by atoms with E-state index in [9.17, 15) is 4.79 Å². The fourth-order valence-electron chi connectivity index (χ4n) is 1.98. The van der Waals surface area contributed by atoms with Gasteiger partial charge in [0.15, 0.2) is 5.96 Å².